The molecule has 0 amide bonds. The summed E-state index contributed by atoms with van der Waals surface area (Å²) in [4.78, 5) is 18.6. The molecule has 5 rings (SSSR count). The van der Waals surface area contributed by atoms with E-state index in [2.05, 4.69) is 51.4 Å². The van der Waals surface area contributed by atoms with Crippen molar-refractivity contribution in [2.75, 3.05) is 0 Å². The Morgan fingerprint density at radius 2 is 2.00 bits per heavy atom. The number of rotatable bonds is 7. The third kappa shape index (κ3) is 4.61. The van der Waals surface area contributed by atoms with E-state index in [4.69, 9.17) is 4.42 Å². The van der Waals surface area contributed by atoms with Crippen LogP contribution in [0.4, 0.5) is 0 Å². The molecular formula is C25H30N6O2. The van der Waals surface area contributed by atoms with Gasteiger partial charge in [-0.3, -0.25) is 9.69 Å². The molecule has 1 saturated carbocycles. The molecule has 0 bridgehead atoms. The molecule has 0 unspecified atom stereocenters. The van der Waals surface area contributed by atoms with Crippen LogP contribution in [0.15, 0.2) is 45.8 Å². The van der Waals surface area contributed by atoms with Crippen LogP contribution in [0, 0.1) is 13.8 Å². The first-order valence-electron chi connectivity index (χ1n) is 11.7. The number of fused-ring (bicyclic) bond motifs is 1. The quantitative estimate of drug-likeness (QED) is 0.459. The first-order valence-corrected chi connectivity index (χ1v) is 11.7. The zero-order valence-electron chi connectivity index (χ0n) is 19.3. The van der Waals surface area contributed by atoms with E-state index >= 15 is 0 Å². The molecule has 3 aromatic heterocycles. The zero-order valence-corrected chi connectivity index (χ0v) is 19.3. The highest BCUT2D eigenvalue weighted by atomic mass is 16.3. The minimum atomic E-state index is -0.0211. The van der Waals surface area contributed by atoms with E-state index in [1.165, 1.54) is 24.8 Å². The van der Waals surface area contributed by atoms with Crippen LogP contribution in [0.1, 0.15) is 60.4 Å². The van der Waals surface area contributed by atoms with Gasteiger partial charge in [0.05, 0.1) is 18.3 Å². The molecule has 0 radical (unpaired) electrons. The second-order valence-corrected chi connectivity index (χ2v) is 9.12. The van der Waals surface area contributed by atoms with Crippen LogP contribution >= 0.6 is 0 Å². The van der Waals surface area contributed by atoms with Crippen molar-refractivity contribution in [1.29, 1.82) is 0 Å². The summed E-state index contributed by atoms with van der Waals surface area (Å²) in [7, 11) is 0. The van der Waals surface area contributed by atoms with Crippen molar-refractivity contribution in [3.05, 3.63) is 75.2 Å². The largest absolute Gasteiger partial charge is 0.467 e. The van der Waals surface area contributed by atoms with Gasteiger partial charge in [0.25, 0.3) is 5.56 Å². The third-order valence-corrected chi connectivity index (χ3v) is 6.93. The molecule has 33 heavy (non-hydrogen) atoms. The Morgan fingerprint density at radius 3 is 2.79 bits per heavy atom. The number of hydrogen-bond donors (Lipinski definition) is 1. The van der Waals surface area contributed by atoms with E-state index in [0.717, 1.165) is 46.5 Å². The second-order valence-electron chi connectivity index (χ2n) is 9.12. The molecule has 0 spiro atoms. The van der Waals surface area contributed by atoms with E-state index in [0.29, 0.717) is 25.7 Å². The van der Waals surface area contributed by atoms with Gasteiger partial charge in [0.15, 0.2) is 5.82 Å². The number of nitrogens with one attached hydrogen (secondary N) is 1. The number of tetrazole rings is 1. The number of hydrogen-bond acceptors (Lipinski definition) is 6. The lowest BCUT2D eigenvalue weighted by atomic mass is 9.93. The van der Waals surface area contributed by atoms with Crippen molar-refractivity contribution in [1.82, 2.24) is 30.1 Å². The molecule has 1 aliphatic rings. The van der Waals surface area contributed by atoms with Gasteiger partial charge in [0.1, 0.15) is 12.3 Å². The first kappa shape index (κ1) is 21.6. The van der Waals surface area contributed by atoms with E-state index in [-0.39, 0.29) is 5.56 Å². The molecule has 0 atom stereocenters. The van der Waals surface area contributed by atoms with Gasteiger partial charge in [-0.15, -0.1) is 5.10 Å². The topological polar surface area (TPSA) is 92.8 Å². The zero-order chi connectivity index (χ0) is 22.8. The van der Waals surface area contributed by atoms with Gasteiger partial charge in [-0.25, -0.2) is 4.68 Å². The molecular weight excluding hydrogens is 416 g/mol. The number of aryl methyl sites for hydroxylation is 2. The molecule has 1 aliphatic carbocycles. The van der Waals surface area contributed by atoms with Crippen LogP contribution in [0.2, 0.25) is 0 Å². The molecule has 0 aliphatic heterocycles. The van der Waals surface area contributed by atoms with Crippen LogP contribution in [-0.2, 0) is 19.6 Å². The minimum Gasteiger partial charge on any atom is -0.467 e. The fourth-order valence-corrected chi connectivity index (χ4v) is 4.86. The Labute approximate surface area is 192 Å². The highest BCUT2D eigenvalue weighted by Crippen LogP contribution is 2.26. The molecule has 8 nitrogen and oxygen atoms in total. The van der Waals surface area contributed by atoms with Crippen molar-refractivity contribution < 1.29 is 4.42 Å². The summed E-state index contributed by atoms with van der Waals surface area (Å²) in [5, 5.41) is 13.5. The Kier molecular flexibility index (Phi) is 6.09. The highest BCUT2D eigenvalue weighted by molar-refractivity contribution is 5.83. The monoisotopic (exact) mass is 446 g/mol. The van der Waals surface area contributed by atoms with Crippen LogP contribution in [0.25, 0.3) is 10.9 Å². The van der Waals surface area contributed by atoms with Crippen molar-refractivity contribution >= 4 is 10.9 Å². The van der Waals surface area contributed by atoms with E-state index in [9.17, 15) is 4.79 Å². The lowest BCUT2D eigenvalue weighted by Gasteiger charge is -2.33. The predicted octanol–water partition coefficient (Wildman–Crippen LogP) is 4.11. The summed E-state index contributed by atoms with van der Waals surface area (Å²) in [6.07, 6.45) is 7.61. The smallest absolute Gasteiger partial charge is 0.252 e. The third-order valence-electron chi connectivity index (χ3n) is 6.93. The number of nitrogens with zero attached hydrogens (tertiary/aromatic N) is 5. The molecule has 3 heterocycles. The lowest BCUT2D eigenvalue weighted by Crippen LogP contribution is -2.38. The maximum Gasteiger partial charge on any atom is 0.252 e. The van der Waals surface area contributed by atoms with Crippen LogP contribution in [0.3, 0.4) is 0 Å². The molecule has 1 N–H and O–H groups in total. The average molecular weight is 447 g/mol. The van der Waals surface area contributed by atoms with Crippen LogP contribution in [-0.4, -0.2) is 36.1 Å². The fraction of sp³-hybridized carbons (Fsp3) is 0.440. The van der Waals surface area contributed by atoms with E-state index in [1.54, 1.807) is 10.9 Å². The summed E-state index contributed by atoms with van der Waals surface area (Å²) in [6, 6.07) is 10.4. The number of aromatic nitrogens is 5. The number of aromatic amines is 1. The normalized spacial score (nSPS) is 15.0. The minimum absolute atomic E-state index is 0.0211. The molecule has 1 fully saturated rings. The summed E-state index contributed by atoms with van der Waals surface area (Å²) in [6.45, 7) is 5.77. The highest BCUT2D eigenvalue weighted by Gasteiger charge is 2.25. The van der Waals surface area contributed by atoms with Crippen LogP contribution < -0.4 is 5.56 Å². The number of benzene rings is 1. The average Bonchev–Trinajstić information content (AvgIpc) is 3.50. The summed E-state index contributed by atoms with van der Waals surface area (Å²) >= 11 is 0. The molecule has 8 heteroatoms. The predicted molar refractivity (Wildman–Crippen MR) is 126 cm³/mol. The first-order chi connectivity index (χ1) is 16.1. The van der Waals surface area contributed by atoms with Gasteiger partial charge >= 0.3 is 0 Å². The molecule has 0 saturated heterocycles. The number of furan rings is 1. The van der Waals surface area contributed by atoms with Gasteiger partial charge in [-0.2, -0.15) is 0 Å². The van der Waals surface area contributed by atoms with Crippen molar-refractivity contribution in [3.63, 3.8) is 0 Å². The number of pyridine rings is 1. The standard InChI is InChI=1S/C25H30N6O2/c1-17-10-11-19-13-20(25(32)26-24(19)18(17)2)14-30(21-7-4-3-5-8-21)16-23-27-28-29-31(23)15-22-9-6-12-33-22/h6,9-13,21H,3-5,7-8,14-16H2,1-2H3,(H,26,32). The van der Waals surface area contributed by atoms with E-state index < -0.39 is 0 Å². The fourth-order valence-electron chi connectivity index (χ4n) is 4.86. The summed E-state index contributed by atoms with van der Waals surface area (Å²) < 4.78 is 7.26. The summed E-state index contributed by atoms with van der Waals surface area (Å²) in [5.41, 5.74) is 3.99. The molecule has 172 valence electrons. The Morgan fingerprint density at radius 1 is 1.15 bits per heavy atom. The Balaban J connectivity index is 1.44. The van der Waals surface area contributed by atoms with E-state index in [1.807, 2.05) is 18.2 Å². The van der Waals surface area contributed by atoms with Crippen molar-refractivity contribution in [2.45, 2.75) is 71.6 Å². The van der Waals surface area contributed by atoms with Crippen LogP contribution in [0.5, 0.6) is 0 Å². The number of H-pyrrole nitrogens is 1. The molecule has 4 aromatic rings. The summed E-state index contributed by atoms with van der Waals surface area (Å²) in [5.74, 6) is 1.59. The maximum absolute atomic E-state index is 13.1. The SMILES string of the molecule is Cc1ccc2cc(CN(Cc3nnnn3Cc3ccco3)C3CCCCC3)c(=O)[nH]c2c1C. The molecule has 1 aromatic carbocycles. The van der Waals surface area contributed by atoms with Gasteiger partial charge < -0.3 is 9.40 Å². The van der Waals surface area contributed by atoms with Gasteiger partial charge in [-0.05, 0) is 71.8 Å². The van der Waals surface area contributed by atoms with Gasteiger partial charge in [-0.1, -0.05) is 31.4 Å². The van der Waals surface area contributed by atoms with Gasteiger partial charge in [0.2, 0.25) is 0 Å². The lowest BCUT2D eigenvalue weighted by molar-refractivity contribution is 0.133. The Bertz CT molecular complexity index is 1280. The second kappa shape index (κ2) is 9.31. The Hall–Kier alpha value is -3.26. The van der Waals surface area contributed by atoms with Crippen molar-refractivity contribution in [2.24, 2.45) is 0 Å². The maximum atomic E-state index is 13.1. The van der Waals surface area contributed by atoms with Crippen molar-refractivity contribution in [3.8, 4) is 0 Å². The van der Waals surface area contributed by atoms with Gasteiger partial charge in [0, 0.05) is 18.2 Å².